The summed E-state index contributed by atoms with van der Waals surface area (Å²) in [5.41, 5.74) is -0.311. The lowest BCUT2D eigenvalue weighted by molar-refractivity contribution is -0.302. The molecule has 3 heterocycles. The SMILES string of the molecule is CO[C@@]1(n2cnc3c(=O)[nH]cnc32)O[C@H](CO)[C@@H](O)[C@H]1O. The Labute approximate surface area is 117 Å². The standard InChI is InChI=1S/C11H14N4O6/c1-20-11(8(18)7(17)5(2-16)21-11)15-4-14-6-9(15)12-3-13-10(6)19/h3-5,7-8,16-18H,2H2,1H3,(H,12,13,19)/t5-,7-,8-,11-/m1/s1. The predicted octanol–water partition coefficient (Wildman–Crippen LogP) is -2.51. The molecular weight excluding hydrogens is 284 g/mol. The normalized spacial score (nSPS) is 32.9. The van der Waals surface area contributed by atoms with Crippen molar-refractivity contribution in [3.63, 3.8) is 0 Å². The van der Waals surface area contributed by atoms with Crippen molar-refractivity contribution < 1.29 is 24.8 Å². The van der Waals surface area contributed by atoms with Gasteiger partial charge in [-0.1, -0.05) is 0 Å². The van der Waals surface area contributed by atoms with Gasteiger partial charge in [0.05, 0.1) is 12.9 Å². The molecule has 1 fully saturated rings. The molecule has 4 atom stereocenters. The first-order valence-electron chi connectivity index (χ1n) is 6.16. The molecule has 114 valence electrons. The van der Waals surface area contributed by atoms with Gasteiger partial charge >= 0.3 is 0 Å². The minimum Gasteiger partial charge on any atom is -0.394 e. The summed E-state index contributed by atoms with van der Waals surface area (Å²) in [6, 6.07) is 0. The largest absolute Gasteiger partial charge is 0.394 e. The summed E-state index contributed by atoms with van der Waals surface area (Å²) in [4.78, 5) is 21.9. The van der Waals surface area contributed by atoms with E-state index in [4.69, 9.17) is 9.47 Å². The Morgan fingerprint density at radius 2 is 2.29 bits per heavy atom. The van der Waals surface area contributed by atoms with Crippen LogP contribution in [0.1, 0.15) is 0 Å². The summed E-state index contributed by atoms with van der Waals surface area (Å²) in [5, 5.41) is 29.3. The van der Waals surface area contributed by atoms with Crippen LogP contribution in [0.4, 0.5) is 0 Å². The van der Waals surface area contributed by atoms with Crippen LogP contribution in [0.3, 0.4) is 0 Å². The highest BCUT2D eigenvalue weighted by Crippen LogP contribution is 2.37. The highest BCUT2D eigenvalue weighted by Gasteiger charge is 2.57. The van der Waals surface area contributed by atoms with E-state index in [1.54, 1.807) is 0 Å². The van der Waals surface area contributed by atoms with Crippen LogP contribution in [-0.4, -0.2) is 66.9 Å². The molecule has 0 bridgehead atoms. The van der Waals surface area contributed by atoms with Crippen molar-refractivity contribution in [1.82, 2.24) is 19.5 Å². The summed E-state index contributed by atoms with van der Waals surface area (Å²) in [7, 11) is 1.26. The van der Waals surface area contributed by atoms with Crippen LogP contribution < -0.4 is 5.56 Å². The number of fused-ring (bicyclic) bond motifs is 1. The topological polar surface area (TPSA) is 143 Å². The number of nitrogens with one attached hydrogen (secondary N) is 1. The molecule has 2 aromatic rings. The van der Waals surface area contributed by atoms with Crippen LogP contribution in [-0.2, 0) is 15.4 Å². The van der Waals surface area contributed by atoms with Gasteiger partial charge in [-0.05, 0) is 0 Å². The van der Waals surface area contributed by atoms with Gasteiger partial charge in [-0.15, -0.1) is 0 Å². The zero-order valence-corrected chi connectivity index (χ0v) is 11.0. The minimum absolute atomic E-state index is 0.0339. The van der Waals surface area contributed by atoms with Crippen LogP contribution in [0, 0.1) is 0 Å². The quantitative estimate of drug-likeness (QED) is 0.486. The maximum atomic E-state index is 11.7. The van der Waals surface area contributed by atoms with Gasteiger partial charge in [-0.2, -0.15) is 0 Å². The second kappa shape index (κ2) is 4.86. The van der Waals surface area contributed by atoms with Crippen LogP contribution >= 0.6 is 0 Å². The van der Waals surface area contributed by atoms with Crippen molar-refractivity contribution in [2.45, 2.75) is 24.2 Å². The van der Waals surface area contributed by atoms with Gasteiger partial charge in [0, 0.05) is 7.11 Å². The molecule has 0 radical (unpaired) electrons. The van der Waals surface area contributed by atoms with E-state index >= 15 is 0 Å². The number of rotatable bonds is 3. The van der Waals surface area contributed by atoms with Crippen molar-refractivity contribution in [2.24, 2.45) is 0 Å². The molecule has 0 saturated carbocycles. The minimum atomic E-state index is -1.83. The van der Waals surface area contributed by atoms with Crippen LogP contribution in [0.15, 0.2) is 17.4 Å². The van der Waals surface area contributed by atoms with Gasteiger partial charge in [0.1, 0.15) is 18.5 Å². The molecule has 2 aromatic heterocycles. The van der Waals surface area contributed by atoms with Crippen LogP contribution in [0.25, 0.3) is 11.2 Å². The smallest absolute Gasteiger partial charge is 0.288 e. The number of hydrogen-bond acceptors (Lipinski definition) is 8. The van der Waals surface area contributed by atoms with Gasteiger partial charge in [-0.25, -0.2) is 9.97 Å². The van der Waals surface area contributed by atoms with E-state index in [0.29, 0.717) is 0 Å². The summed E-state index contributed by atoms with van der Waals surface area (Å²) in [6.07, 6.45) is -1.52. The van der Waals surface area contributed by atoms with E-state index < -0.39 is 36.4 Å². The number of ether oxygens (including phenoxy) is 2. The molecule has 1 aliphatic heterocycles. The molecule has 0 spiro atoms. The number of H-pyrrole nitrogens is 1. The van der Waals surface area contributed by atoms with Crippen molar-refractivity contribution >= 4 is 11.2 Å². The van der Waals surface area contributed by atoms with E-state index in [1.165, 1.54) is 24.3 Å². The first-order chi connectivity index (χ1) is 10.0. The van der Waals surface area contributed by atoms with Crippen LogP contribution in [0.5, 0.6) is 0 Å². The fraction of sp³-hybridized carbons (Fsp3) is 0.545. The van der Waals surface area contributed by atoms with Gasteiger partial charge in [0.2, 0.25) is 0 Å². The average molecular weight is 298 g/mol. The number of hydrogen-bond donors (Lipinski definition) is 4. The number of methoxy groups -OCH3 is 1. The lowest BCUT2D eigenvalue weighted by atomic mass is 10.1. The van der Waals surface area contributed by atoms with Gasteiger partial charge in [-0.3, -0.25) is 9.36 Å². The molecular formula is C11H14N4O6. The maximum Gasteiger partial charge on any atom is 0.288 e. The van der Waals surface area contributed by atoms with E-state index in [0.717, 1.165) is 0 Å². The van der Waals surface area contributed by atoms with Crippen molar-refractivity contribution in [1.29, 1.82) is 0 Å². The van der Waals surface area contributed by atoms with Crippen molar-refractivity contribution in [3.8, 4) is 0 Å². The number of aliphatic hydroxyl groups excluding tert-OH is 3. The van der Waals surface area contributed by atoms with Crippen LogP contribution in [0.2, 0.25) is 0 Å². The van der Waals surface area contributed by atoms with E-state index in [2.05, 4.69) is 15.0 Å². The van der Waals surface area contributed by atoms with Gasteiger partial charge in [0.15, 0.2) is 17.3 Å². The highest BCUT2D eigenvalue weighted by atomic mass is 16.7. The molecule has 10 nitrogen and oxygen atoms in total. The third-order valence-corrected chi connectivity index (χ3v) is 3.55. The third kappa shape index (κ3) is 1.81. The number of nitrogens with zero attached hydrogens (tertiary/aromatic N) is 3. The zero-order chi connectivity index (χ0) is 15.2. The molecule has 0 aliphatic carbocycles. The zero-order valence-electron chi connectivity index (χ0n) is 11.0. The Morgan fingerprint density at radius 1 is 1.52 bits per heavy atom. The fourth-order valence-corrected chi connectivity index (χ4v) is 2.46. The highest BCUT2D eigenvalue weighted by molar-refractivity contribution is 5.69. The first-order valence-corrected chi connectivity index (χ1v) is 6.16. The van der Waals surface area contributed by atoms with Crippen molar-refractivity contribution in [3.05, 3.63) is 23.0 Å². The second-order valence-corrected chi connectivity index (χ2v) is 4.63. The first kappa shape index (κ1) is 14.1. The third-order valence-electron chi connectivity index (χ3n) is 3.55. The molecule has 0 aromatic carbocycles. The Morgan fingerprint density at radius 3 is 2.90 bits per heavy atom. The van der Waals surface area contributed by atoms with Gasteiger partial charge in [0.25, 0.3) is 11.5 Å². The average Bonchev–Trinajstić information content (AvgIpc) is 3.03. The molecule has 1 aliphatic rings. The van der Waals surface area contributed by atoms with Crippen molar-refractivity contribution in [2.75, 3.05) is 13.7 Å². The summed E-state index contributed by atoms with van der Waals surface area (Å²) < 4.78 is 11.9. The van der Waals surface area contributed by atoms with E-state index in [1.807, 2.05) is 0 Å². The Balaban J connectivity index is 2.19. The lowest BCUT2D eigenvalue weighted by Gasteiger charge is -2.31. The van der Waals surface area contributed by atoms with Gasteiger partial charge < -0.3 is 29.8 Å². The maximum absolute atomic E-state index is 11.7. The molecule has 4 N–H and O–H groups in total. The molecule has 1 saturated heterocycles. The Bertz CT molecular complexity index is 714. The molecule has 0 amide bonds. The number of imidazole rings is 1. The lowest BCUT2D eigenvalue weighted by Crippen LogP contribution is -2.47. The Kier molecular flexibility index (Phi) is 3.26. The monoisotopic (exact) mass is 298 g/mol. The summed E-state index contributed by atoms with van der Waals surface area (Å²) in [5.74, 6) is -1.83. The predicted molar refractivity (Wildman–Crippen MR) is 67.1 cm³/mol. The fourth-order valence-electron chi connectivity index (χ4n) is 2.46. The summed E-state index contributed by atoms with van der Waals surface area (Å²) in [6.45, 7) is -0.510. The molecule has 21 heavy (non-hydrogen) atoms. The second-order valence-electron chi connectivity index (χ2n) is 4.63. The van der Waals surface area contributed by atoms with E-state index in [9.17, 15) is 20.1 Å². The Hall–Kier alpha value is -1.85. The number of aromatic amines is 1. The molecule has 0 unspecified atom stereocenters. The number of aromatic nitrogens is 4. The summed E-state index contributed by atoms with van der Waals surface area (Å²) >= 11 is 0. The van der Waals surface area contributed by atoms with E-state index in [-0.39, 0.29) is 11.2 Å². The molecule has 10 heteroatoms. The molecule has 3 rings (SSSR count). The number of aliphatic hydroxyl groups is 3.